The van der Waals surface area contributed by atoms with Crippen LogP contribution in [-0.2, 0) is 29.5 Å². The Morgan fingerprint density at radius 3 is 2.73 bits per heavy atom. The number of rotatable bonds is 9. The summed E-state index contributed by atoms with van der Waals surface area (Å²) in [6.07, 6.45) is 4.86. The van der Waals surface area contributed by atoms with E-state index in [1.54, 1.807) is 4.90 Å². The highest BCUT2D eigenvalue weighted by molar-refractivity contribution is 5.96. The molecule has 2 aliphatic rings. The fourth-order valence-corrected chi connectivity index (χ4v) is 5.79. The predicted octanol–water partition coefficient (Wildman–Crippen LogP) is 3.85. The van der Waals surface area contributed by atoms with Crippen LogP contribution in [0.25, 0.3) is 10.9 Å². The summed E-state index contributed by atoms with van der Waals surface area (Å²) >= 11 is 0. The molecule has 0 unspecified atom stereocenters. The zero-order valence-corrected chi connectivity index (χ0v) is 24.1. The standard InChI is InChI=1S/C32H42N4O4/c1-21-16-36(22(2)20-37)32(39)15-24-13-26(11-12-29(24)40-30(21)19-34(3)17-23-9-10-23)33-31(38)14-25-18-35(4)28-8-6-5-7-27(25)28/h5-8,11-13,18,21-23,30,37H,9-10,14-17,19-20H2,1-4H3,(H,33,38)/t21-,22+,30-/m1/s1. The van der Waals surface area contributed by atoms with Crippen molar-refractivity contribution in [2.75, 3.05) is 38.6 Å². The number of carbonyl (C=O) groups excluding carboxylic acids is 2. The van der Waals surface area contributed by atoms with Crippen LogP contribution in [-0.4, -0.2) is 76.7 Å². The predicted molar refractivity (Wildman–Crippen MR) is 157 cm³/mol. The number of aryl methyl sites for hydroxylation is 1. The highest BCUT2D eigenvalue weighted by Gasteiger charge is 2.32. The highest BCUT2D eigenvalue weighted by atomic mass is 16.5. The average molecular weight is 547 g/mol. The van der Waals surface area contributed by atoms with Crippen LogP contribution in [0.1, 0.15) is 37.8 Å². The van der Waals surface area contributed by atoms with Crippen molar-refractivity contribution in [3.8, 4) is 5.75 Å². The molecule has 1 aromatic heterocycles. The lowest BCUT2D eigenvalue weighted by molar-refractivity contribution is -0.134. The zero-order valence-electron chi connectivity index (χ0n) is 24.1. The van der Waals surface area contributed by atoms with Gasteiger partial charge in [0.25, 0.3) is 0 Å². The van der Waals surface area contributed by atoms with Gasteiger partial charge in [0.05, 0.1) is 25.5 Å². The number of fused-ring (bicyclic) bond motifs is 2. The van der Waals surface area contributed by atoms with Crippen molar-refractivity contribution < 1.29 is 19.4 Å². The van der Waals surface area contributed by atoms with Gasteiger partial charge in [-0.3, -0.25) is 9.59 Å². The van der Waals surface area contributed by atoms with Crippen LogP contribution in [0.4, 0.5) is 5.69 Å². The number of aliphatic hydroxyl groups excluding tert-OH is 1. The number of likely N-dealkylation sites (N-methyl/N-ethyl adjacent to an activating group) is 1. The molecule has 1 aliphatic heterocycles. The molecule has 0 saturated heterocycles. The molecule has 3 aromatic rings. The SMILES string of the molecule is C[C@@H]1CN([C@@H](C)CO)C(=O)Cc2cc(NC(=O)Cc3cn(C)c4ccccc34)ccc2O[C@@H]1CN(C)CC1CC1. The second-order valence-electron chi connectivity index (χ2n) is 11.9. The molecule has 1 aliphatic carbocycles. The minimum Gasteiger partial charge on any atom is -0.488 e. The molecule has 8 heteroatoms. The quantitative estimate of drug-likeness (QED) is 0.426. The molecular formula is C32H42N4O4. The number of hydrogen-bond acceptors (Lipinski definition) is 5. The Hall–Kier alpha value is -3.36. The fraction of sp³-hybridized carbons (Fsp3) is 0.500. The number of nitrogens with zero attached hydrogens (tertiary/aromatic N) is 3. The Kier molecular flexibility index (Phi) is 8.47. The molecule has 1 fully saturated rings. The molecule has 0 bridgehead atoms. The topological polar surface area (TPSA) is 87.0 Å². The molecule has 0 spiro atoms. The highest BCUT2D eigenvalue weighted by Crippen LogP contribution is 2.32. The second kappa shape index (κ2) is 12.0. The van der Waals surface area contributed by atoms with Gasteiger partial charge in [-0.25, -0.2) is 0 Å². The number of nitrogens with one attached hydrogen (secondary N) is 1. The third-order valence-corrected chi connectivity index (χ3v) is 8.29. The van der Waals surface area contributed by atoms with Crippen LogP contribution in [0.3, 0.4) is 0 Å². The Labute approximate surface area is 236 Å². The first kappa shape index (κ1) is 28.2. The first-order valence-corrected chi connectivity index (χ1v) is 14.4. The minimum atomic E-state index is -0.287. The van der Waals surface area contributed by atoms with Crippen molar-refractivity contribution in [3.05, 3.63) is 59.8 Å². The van der Waals surface area contributed by atoms with Crippen LogP contribution in [0.2, 0.25) is 0 Å². The number of para-hydroxylation sites is 1. The van der Waals surface area contributed by atoms with Gasteiger partial charge in [0.1, 0.15) is 11.9 Å². The van der Waals surface area contributed by atoms with E-state index in [1.165, 1.54) is 12.8 Å². The van der Waals surface area contributed by atoms with Gasteiger partial charge in [-0.1, -0.05) is 25.1 Å². The zero-order chi connectivity index (χ0) is 28.4. The Morgan fingerprint density at radius 1 is 1.20 bits per heavy atom. The van der Waals surface area contributed by atoms with E-state index in [-0.39, 0.29) is 49.3 Å². The van der Waals surface area contributed by atoms with Gasteiger partial charge in [0.2, 0.25) is 11.8 Å². The summed E-state index contributed by atoms with van der Waals surface area (Å²) in [5, 5.41) is 14.0. The molecule has 2 N–H and O–H groups in total. The smallest absolute Gasteiger partial charge is 0.228 e. The summed E-state index contributed by atoms with van der Waals surface area (Å²) in [5.41, 5.74) is 3.44. The molecule has 8 nitrogen and oxygen atoms in total. The maximum absolute atomic E-state index is 13.5. The molecular weight excluding hydrogens is 504 g/mol. The Morgan fingerprint density at radius 2 is 1.98 bits per heavy atom. The summed E-state index contributed by atoms with van der Waals surface area (Å²) in [5.74, 6) is 1.36. The van der Waals surface area contributed by atoms with Gasteiger partial charge >= 0.3 is 0 Å². The summed E-state index contributed by atoms with van der Waals surface area (Å²) in [4.78, 5) is 30.7. The monoisotopic (exact) mass is 546 g/mol. The van der Waals surface area contributed by atoms with Crippen molar-refractivity contribution in [2.24, 2.45) is 18.9 Å². The van der Waals surface area contributed by atoms with Crippen LogP contribution in [0.15, 0.2) is 48.7 Å². The van der Waals surface area contributed by atoms with Gasteiger partial charge in [0, 0.05) is 61.0 Å². The van der Waals surface area contributed by atoms with Crippen LogP contribution in [0.5, 0.6) is 5.75 Å². The van der Waals surface area contributed by atoms with Crippen molar-refractivity contribution in [2.45, 2.75) is 51.7 Å². The van der Waals surface area contributed by atoms with Crippen molar-refractivity contribution in [1.29, 1.82) is 0 Å². The van der Waals surface area contributed by atoms with E-state index in [2.05, 4.69) is 24.2 Å². The van der Waals surface area contributed by atoms with Crippen molar-refractivity contribution in [1.82, 2.24) is 14.4 Å². The van der Waals surface area contributed by atoms with Gasteiger partial charge < -0.3 is 29.5 Å². The summed E-state index contributed by atoms with van der Waals surface area (Å²) < 4.78 is 8.66. The third-order valence-electron chi connectivity index (χ3n) is 8.29. The van der Waals surface area contributed by atoms with Crippen molar-refractivity contribution >= 4 is 28.4 Å². The normalized spacial score (nSPS) is 20.4. The van der Waals surface area contributed by atoms with E-state index >= 15 is 0 Å². The van der Waals surface area contributed by atoms with Crippen LogP contribution < -0.4 is 10.1 Å². The second-order valence-corrected chi connectivity index (χ2v) is 11.9. The third kappa shape index (κ3) is 6.50. The number of aromatic nitrogens is 1. The maximum atomic E-state index is 13.5. The summed E-state index contributed by atoms with van der Waals surface area (Å²) in [6, 6.07) is 13.4. The van der Waals surface area contributed by atoms with Crippen LogP contribution >= 0.6 is 0 Å². The molecule has 40 heavy (non-hydrogen) atoms. The number of benzene rings is 2. The molecule has 2 amide bonds. The lowest BCUT2D eigenvalue weighted by atomic mass is 10.0. The number of anilines is 1. The molecule has 5 rings (SSSR count). The van der Waals surface area contributed by atoms with E-state index in [1.807, 2.05) is 67.2 Å². The van der Waals surface area contributed by atoms with E-state index in [0.717, 1.165) is 41.0 Å². The molecule has 2 aromatic carbocycles. The number of hydrogen-bond donors (Lipinski definition) is 2. The lowest BCUT2D eigenvalue weighted by Crippen LogP contribution is -2.47. The molecule has 3 atom stereocenters. The average Bonchev–Trinajstić information content (AvgIpc) is 3.68. The first-order chi connectivity index (χ1) is 19.2. The molecule has 0 radical (unpaired) electrons. The summed E-state index contributed by atoms with van der Waals surface area (Å²) in [6.45, 7) is 6.23. The fourth-order valence-electron chi connectivity index (χ4n) is 5.79. The Balaban J connectivity index is 1.37. The van der Waals surface area contributed by atoms with Crippen molar-refractivity contribution in [3.63, 3.8) is 0 Å². The van der Waals surface area contributed by atoms with Gasteiger partial charge in [-0.05, 0) is 62.6 Å². The van der Waals surface area contributed by atoms with Gasteiger partial charge in [-0.15, -0.1) is 0 Å². The molecule has 2 heterocycles. The summed E-state index contributed by atoms with van der Waals surface area (Å²) in [7, 11) is 4.12. The Bertz CT molecular complexity index is 1360. The van der Waals surface area contributed by atoms with E-state index in [4.69, 9.17) is 4.74 Å². The van der Waals surface area contributed by atoms with E-state index in [9.17, 15) is 14.7 Å². The number of carbonyl (C=O) groups is 2. The number of ether oxygens (including phenoxy) is 1. The maximum Gasteiger partial charge on any atom is 0.228 e. The number of amides is 2. The van der Waals surface area contributed by atoms with Gasteiger partial charge in [-0.2, -0.15) is 0 Å². The largest absolute Gasteiger partial charge is 0.488 e. The van der Waals surface area contributed by atoms with E-state index < -0.39 is 0 Å². The molecule has 214 valence electrons. The first-order valence-electron chi connectivity index (χ1n) is 14.4. The number of aliphatic hydroxyl groups is 1. The van der Waals surface area contributed by atoms with Crippen LogP contribution in [0, 0.1) is 11.8 Å². The minimum absolute atomic E-state index is 0.0514. The molecule has 1 saturated carbocycles. The lowest BCUT2D eigenvalue weighted by Gasteiger charge is -2.34. The van der Waals surface area contributed by atoms with E-state index in [0.29, 0.717) is 18.0 Å². The van der Waals surface area contributed by atoms with Gasteiger partial charge in [0.15, 0.2) is 0 Å².